The third-order valence-corrected chi connectivity index (χ3v) is 5.37. The molecule has 23 heavy (non-hydrogen) atoms. The molecule has 0 N–H and O–H groups in total. The van der Waals surface area contributed by atoms with Crippen LogP contribution in [0.15, 0.2) is 24.3 Å². The maximum Gasteiger partial charge on any atom is 0.127 e. The van der Waals surface area contributed by atoms with Crippen molar-refractivity contribution >= 4 is 27.7 Å². The summed E-state index contributed by atoms with van der Waals surface area (Å²) in [5.41, 5.74) is 7.47. The van der Waals surface area contributed by atoms with Crippen molar-refractivity contribution in [2.45, 2.75) is 32.0 Å². The third-order valence-electron chi connectivity index (χ3n) is 4.11. The average molecular weight is 368 g/mol. The molecule has 0 fully saturated rings. The lowest BCUT2D eigenvalue weighted by Crippen LogP contribution is -2.00. The monoisotopic (exact) mass is 368 g/mol. The Labute approximate surface area is 145 Å². The van der Waals surface area contributed by atoms with Gasteiger partial charge in [0.25, 0.3) is 0 Å². The predicted octanol–water partition coefficient (Wildman–Crippen LogP) is 5.07. The van der Waals surface area contributed by atoms with Crippen molar-refractivity contribution in [1.82, 2.24) is 0 Å². The molecular weight excluding hydrogens is 344 g/mol. The number of benzene rings is 2. The van der Waals surface area contributed by atoms with Gasteiger partial charge in [-0.3, -0.25) is 0 Å². The topological polar surface area (TPSA) is 9.23 Å². The molecule has 1 nitrogen and oxygen atoms in total. The Morgan fingerprint density at radius 2 is 1.48 bits per heavy atom. The summed E-state index contributed by atoms with van der Waals surface area (Å²) in [4.78, 5) is 0. The summed E-state index contributed by atoms with van der Waals surface area (Å²) in [6.45, 7) is 2.54. The van der Waals surface area contributed by atoms with Gasteiger partial charge in [0.1, 0.15) is 5.82 Å². The molecule has 0 saturated carbocycles. The lowest BCUT2D eigenvalue weighted by atomic mass is 9.94. The van der Waals surface area contributed by atoms with Crippen molar-refractivity contribution in [3.8, 4) is 11.1 Å². The lowest BCUT2D eigenvalue weighted by molar-refractivity contribution is 0.184. The van der Waals surface area contributed by atoms with Gasteiger partial charge in [0.05, 0.1) is 6.61 Å². The van der Waals surface area contributed by atoms with E-state index in [4.69, 9.17) is 4.74 Å². The fraction of sp³-hybridized carbons (Fsp3) is 0.333. The molecule has 2 aromatic carbocycles. The summed E-state index contributed by atoms with van der Waals surface area (Å²) in [6, 6.07) is 8.01. The highest BCUT2D eigenvalue weighted by Gasteiger charge is 2.13. The Bertz CT molecular complexity index is 678. The van der Waals surface area contributed by atoms with E-state index >= 15 is 0 Å². The highest BCUT2D eigenvalue weighted by atomic mass is 31.0. The van der Waals surface area contributed by atoms with E-state index in [0.717, 1.165) is 34.6 Å². The van der Waals surface area contributed by atoms with Gasteiger partial charge in [-0.05, 0) is 76.5 Å². The Morgan fingerprint density at radius 1 is 0.870 bits per heavy atom. The number of halogens is 1. The van der Waals surface area contributed by atoms with Crippen LogP contribution in [-0.2, 0) is 29.8 Å². The minimum atomic E-state index is -0.133. The number of rotatable bonds is 6. The number of hydrogen-bond donors (Lipinski definition) is 0. The summed E-state index contributed by atoms with van der Waals surface area (Å²) < 4.78 is 19.7. The zero-order valence-electron chi connectivity index (χ0n) is 13.7. The summed E-state index contributed by atoms with van der Waals surface area (Å²) in [6.07, 6.45) is 2.40. The highest BCUT2D eigenvalue weighted by Crippen LogP contribution is 2.31. The van der Waals surface area contributed by atoms with Crippen molar-refractivity contribution in [3.63, 3.8) is 0 Å². The Hall–Kier alpha value is -0.380. The van der Waals surface area contributed by atoms with E-state index in [9.17, 15) is 4.39 Å². The minimum absolute atomic E-state index is 0.133. The van der Waals surface area contributed by atoms with Gasteiger partial charge in [-0.15, -0.1) is 27.7 Å². The molecule has 0 radical (unpaired) electrons. The molecule has 124 valence electrons. The van der Waals surface area contributed by atoms with Gasteiger partial charge in [-0.25, -0.2) is 4.39 Å². The third kappa shape index (κ3) is 4.18. The van der Waals surface area contributed by atoms with E-state index in [-0.39, 0.29) is 5.82 Å². The molecule has 5 heteroatoms. The van der Waals surface area contributed by atoms with Crippen molar-refractivity contribution < 1.29 is 9.13 Å². The van der Waals surface area contributed by atoms with E-state index in [1.54, 1.807) is 13.2 Å². The SMILES string of the molecule is COCc1cc(-c2cc(C)c(CP)c(F)c2)cc(CP)c1CP. The van der Waals surface area contributed by atoms with Crippen LogP contribution in [0.4, 0.5) is 4.39 Å². The summed E-state index contributed by atoms with van der Waals surface area (Å²) >= 11 is 0. The van der Waals surface area contributed by atoms with E-state index in [1.807, 2.05) is 6.92 Å². The molecule has 0 aliphatic heterocycles. The molecule has 0 aliphatic rings. The fourth-order valence-electron chi connectivity index (χ4n) is 2.89. The maximum atomic E-state index is 14.3. The van der Waals surface area contributed by atoms with Gasteiger partial charge in [-0.2, -0.15) is 0 Å². The van der Waals surface area contributed by atoms with Crippen molar-refractivity contribution in [2.75, 3.05) is 7.11 Å². The van der Waals surface area contributed by atoms with E-state index < -0.39 is 0 Å². The molecule has 0 spiro atoms. The molecule has 0 heterocycles. The molecule has 2 rings (SSSR count). The smallest absolute Gasteiger partial charge is 0.127 e. The number of ether oxygens (including phenoxy) is 1. The largest absolute Gasteiger partial charge is 0.380 e. The van der Waals surface area contributed by atoms with Crippen LogP contribution >= 0.6 is 27.7 Å². The van der Waals surface area contributed by atoms with Crippen molar-refractivity contribution in [1.29, 1.82) is 0 Å². The van der Waals surface area contributed by atoms with Crippen LogP contribution in [0.1, 0.15) is 27.8 Å². The van der Waals surface area contributed by atoms with Crippen LogP contribution in [-0.4, -0.2) is 7.11 Å². The molecule has 0 aromatic heterocycles. The molecular formula is C18H24FOP3. The predicted molar refractivity (Wildman–Crippen MR) is 108 cm³/mol. The van der Waals surface area contributed by atoms with Gasteiger partial charge in [0.15, 0.2) is 0 Å². The summed E-state index contributed by atoms with van der Waals surface area (Å²) in [5, 5.41) is 0. The Kier molecular flexibility index (Phi) is 7.12. The van der Waals surface area contributed by atoms with Crippen molar-refractivity contribution in [3.05, 3.63) is 57.9 Å². The first-order chi connectivity index (χ1) is 11.0. The number of aryl methyl sites for hydroxylation is 1. The van der Waals surface area contributed by atoms with Crippen LogP contribution in [0.5, 0.6) is 0 Å². The molecule has 3 atom stereocenters. The van der Waals surface area contributed by atoms with Crippen LogP contribution in [0.2, 0.25) is 0 Å². The van der Waals surface area contributed by atoms with Crippen LogP contribution in [0, 0.1) is 12.7 Å². The first-order valence-corrected chi connectivity index (χ1v) is 10.0. The quantitative estimate of drug-likeness (QED) is 0.647. The second kappa shape index (κ2) is 8.64. The zero-order chi connectivity index (χ0) is 17.0. The Balaban J connectivity index is 2.61. The number of hydrogen-bond acceptors (Lipinski definition) is 1. The second-order valence-electron chi connectivity index (χ2n) is 5.57. The highest BCUT2D eigenvalue weighted by molar-refractivity contribution is 7.16. The van der Waals surface area contributed by atoms with Crippen molar-refractivity contribution in [2.24, 2.45) is 0 Å². The summed E-state index contributed by atoms with van der Waals surface area (Å²) in [7, 11) is 9.87. The van der Waals surface area contributed by atoms with Gasteiger partial charge < -0.3 is 4.74 Å². The Morgan fingerprint density at radius 3 is 2.00 bits per heavy atom. The van der Waals surface area contributed by atoms with Crippen LogP contribution in [0.25, 0.3) is 11.1 Å². The van der Waals surface area contributed by atoms with Crippen LogP contribution in [0.3, 0.4) is 0 Å². The number of methoxy groups -OCH3 is 1. The molecule has 0 aliphatic carbocycles. The molecule has 0 bridgehead atoms. The fourth-order valence-corrected chi connectivity index (χ4v) is 4.30. The van der Waals surface area contributed by atoms with E-state index in [1.165, 1.54) is 16.7 Å². The molecule has 0 amide bonds. The normalized spacial score (nSPS) is 11.0. The van der Waals surface area contributed by atoms with Gasteiger partial charge in [0.2, 0.25) is 0 Å². The molecule has 3 unspecified atom stereocenters. The van der Waals surface area contributed by atoms with E-state index in [2.05, 4.69) is 45.9 Å². The average Bonchev–Trinajstić information content (AvgIpc) is 2.54. The minimum Gasteiger partial charge on any atom is -0.380 e. The standard InChI is InChI=1S/C18H24FOP3/c1-11-3-12(6-18(19)16(11)9-22)13-4-14(7-20-2)17(10-23)15(5-13)8-21/h3-6H,7-10,21-23H2,1-2H3. The first-order valence-electron chi connectivity index (χ1n) is 7.58. The van der Waals surface area contributed by atoms with E-state index in [0.29, 0.717) is 12.8 Å². The van der Waals surface area contributed by atoms with Gasteiger partial charge >= 0.3 is 0 Å². The van der Waals surface area contributed by atoms with Gasteiger partial charge in [-0.1, -0.05) is 12.1 Å². The first kappa shape index (κ1) is 19.0. The zero-order valence-corrected chi connectivity index (χ0v) is 17.1. The maximum absolute atomic E-state index is 14.3. The lowest BCUT2D eigenvalue weighted by Gasteiger charge is -2.16. The molecule has 2 aromatic rings. The van der Waals surface area contributed by atoms with Crippen LogP contribution < -0.4 is 0 Å². The summed E-state index contributed by atoms with van der Waals surface area (Å²) in [5.74, 6) is -0.133. The molecule has 0 saturated heterocycles. The second-order valence-corrected chi connectivity index (χ2v) is 6.80. The van der Waals surface area contributed by atoms with Gasteiger partial charge in [0, 0.05) is 7.11 Å².